The maximum atomic E-state index is 12.8. The van der Waals surface area contributed by atoms with Gasteiger partial charge in [-0.15, -0.1) is 0 Å². The molecule has 0 bridgehead atoms. The first-order chi connectivity index (χ1) is 11.0. The zero-order valence-electron chi connectivity index (χ0n) is 12.6. The number of carbonyl (C=O) groups excluding carboxylic acids is 1. The molecule has 0 unspecified atom stereocenters. The summed E-state index contributed by atoms with van der Waals surface area (Å²) in [5, 5.41) is 9.12. The molecule has 0 saturated carbocycles. The Hall–Kier alpha value is -3.08. The lowest BCUT2D eigenvalue weighted by molar-refractivity contribution is -0.136. The molecule has 0 fully saturated rings. The van der Waals surface area contributed by atoms with Crippen LogP contribution in [0.25, 0.3) is 5.52 Å². The summed E-state index contributed by atoms with van der Waals surface area (Å²) >= 11 is 0. The van der Waals surface area contributed by atoms with E-state index in [0.717, 1.165) is 5.56 Å². The third-order valence-electron chi connectivity index (χ3n) is 3.81. The molecule has 0 spiro atoms. The summed E-state index contributed by atoms with van der Waals surface area (Å²) in [6.45, 7) is 1.91. The second-order valence-corrected chi connectivity index (χ2v) is 5.47. The van der Waals surface area contributed by atoms with Crippen molar-refractivity contribution in [2.75, 3.05) is 5.73 Å². The highest BCUT2D eigenvalue weighted by Crippen LogP contribution is 2.29. The molecule has 1 aromatic carbocycles. The van der Waals surface area contributed by atoms with Crippen molar-refractivity contribution in [3.05, 3.63) is 71.0 Å². The number of ketones is 1. The molecule has 3 rings (SSSR count). The lowest BCUT2D eigenvalue weighted by Gasteiger charge is -2.04. The van der Waals surface area contributed by atoms with Crippen LogP contribution in [0.1, 0.15) is 27.2 Å². The molecule has 3 N–H and O–H groups in total. The summed E-state index contributed by atoms with van der Waals surface area (Å²) in [5.41, 5.74) is 9.28. The van der Waals surface area contributed by atoms with E-state index >= 15 is 0 Å². The summed E-state index contributed by atoms with van der Waals surface area (Å²) in [5.74, 6) is -1.20. The van der Waals surface area contributed by atoms with Crippen LogP contribution in [-0.4, -0.2) is 21.3 Å². The Morgan fingerprint density at radius 2 is 1.83 bits per heavy atom. The van der Waals surface area contributed by atoms with Crippen LogP contribution in [0.2, 0.25) is 0 Å². The van der Waals surface area contributed by atoms with Crippen molar-refractivity contribution in [1.29, 1.82) is 0 Å². The van der Waals surface area contributed by atoms with Crippen molar-refractivity contribution in [3.63, 3.8) is 0 Å². The van der Waals surface area contributed by atoms with Crippen molar-refractivity contribution < 1.29 is 14.7 Å². The number of fused-ring (bicyclic) bond motifs is 1. The van der Waals surface area contributed by atoms with Crippen LogP contribution < -0.4 is 5.73 Å². The van der Waals surface area contributed by atoms with Gasteiger partial charge in [0.25, 0.3) is 0 Å². The highest BCUT2D eigenvalue weighted by atomic mass is 16.4. The second-order valence-electron chi connectivity index (χ2n) is 5.47. The van der Waals surface area contributed by atoms with Crippen molar-refractivity contribution in [3.8, 4) is 0 Å². The number of aliphatic carboxylic acids is 1. The number of aromatic nitrogens is 1. The molecule has 0 saturated heterocycles. The van der Waals surface area contributed by atoms with Gasteiger partial charge in [-0.05, 0) is 18.6 Å². The summed E-state index contributed by atoms with van der Waals surface area (Å²) in [6, 6.07) is 12.5. The lowest BCUT2D eigenvalue weighted by atomic mass is 10.1. The summed E-state index contributed by atoms with van der Waals surface area (Å²) in [4.78, 5) is 24.0. The van der Waals surface area contributed by atoms with Gasteiger partial charge in [-0.25, -0.2) is 0 Å². The smallest absolute Gasteiger partial charge is 0.307 e. The molecule has 2 aromatic heterocycles. The standard InChI is InChI=1S/C18H16N2O3/c1-11-7-8-14-13(9-15(21)22)16(19)17(20(14)10-11)18(23)12-5-3-2-4-6-12/h2-8,10H,9,19H2,1H3,(H,21,22). The molecule has 0 aliphatic heterocycles. The Labute approximate surface area is 133 Å². The predicted molar refractivity (Wildman–Crippen MR) is 87.8 cm³/mol. The Balaban J connectivity index is 2.27. The number of carbonyl (C=O) groups is 2. The van der Waals surface area contributed by atoms with Gasteiger partial charge in [0.15, 0.2) is 0 Å². The zero-order valence-corrected chi connectivity index (χ0v) is 12.6. The van der Waals surface area contributed by atoms with E-state index in [9.17, 15) is 9.59 Å². The number of anilines is 1. The van der Waals surface area contributed by atoms with E-state index in [1.807, 2.05) is 19.1 Å². The van der Waals surface area contributed by atoms with Crippen molar-refractivity contribution in [2.24, 2.45) is 0 Å². The molecule has 0 aliphatic rings. The maximum absolute atomic E-state index is 12.8. The minimum Gasteiger partial charge on any atom is -0.481 e. The van der Waals surface area contributed by atoms with Gasteiger partial charge in [0.05, 0.1) is 17.6 Å². The van der Waals surface area contributed by atoms with Crippen molar-refractivity contribution >= 4 is 23.0 Å². The molecule has 23 heavy (non-hydrogen) atoms. The van der Waals surface area contributed by atoms with E-state index in [4.69, 9.17) is 10.8 Å². The first-order valence-electron chi connectivity index (χ1n) is 7.19. The Morgan fingerprint density at radius 1 is 1.13 bits per heavy atom. The van der Waals surface area contributed by atoms with Crippen molar-refractivity contribution in [1.82, 2.24) is 4.40 Å². The molecule has 0 atom stereocenters. The van der Waals surface area contributed by atoms with Crippen LogP contribution in [-0.2, 0) is 11.2 Å². The number of nitrogens with two attached hydrogens (primary N) is 1. The van der Waals surface area contributed by atoms with Gasteiger partial charge in [-0.3, -0.25) is 9.59 Å². The van der Waals surface area contributed by atoms with E-state index < -0.39 is 5.97 Å². The van der Waals surface area contributed by atoms with E-state index in [0.29, 0.717) is 22.3 Å². The molecule has 5 heteroatoms. The minimum atomic E-state index is -0.983. The van der Waals surface area contributed by atoms with Gasteiger partial charge >= 0.3 is 5.97 Å². The summed E-state index contributed by atoms with van der Waals surface area (Å²) < 4.78 is 1.69. The van der Waals surface area contributed by atoms with Gasteiger partial charge < -0.3 is 15.2 Å². The minimum absolute atomic E-state index is 0.222. The van der Waals surface area contributed by atoms with Crippen LogP contribution in [0, 0.1) is 6.92 Å². The lowest BCUT2D eigenvalue weighted by Crippen LogP contribution is -2.08. The van der Waals surface area contributed by atoms with Gasteiger partial charge in [0.1, 0.15) is 5.69 Å². The van der Waals surface area contributed by atoms with Gasteiger partial charge in [0.2, 0.25) is 5.78 Å². The topological polar surface area (TPSA) is 84.8 Å². The molecule has 2 heterocycles. The molecule has 0 amide bonds. The number of rotatable bonds is 4. The average Bonchev–Trinajstić information content (AvgIpc) is 2.79. The normalized spacial score (nSPS) is 10.8. The van der Waals surface area contributed by atoms with E-state index in [2.05, 4.69) is 0 Å². The van der Waals surface area contributed by atoms with E-state index in [1.54, 1.807) is 40.9 Å². The highest BCUT2D eigenvalue weighted by Gasteiger charge is 2.23. The average molecular weight is 308 g/mol. The molecule has 116 valence electrons. The van der Waals surface area contributed by atoms with Gasteiger partial charge in [-0.2, -0.15) is 0 Å². The Kier molecular flexibility index (Phi) is 3.62. The third kappa shape index (κ3) is 2.57. The highest BCUT2D eigenvalue weighted by molar-refractivity contribution is 6.13. The number of carboxylic acid groups (broad SMARTS) is 1. The Morgan fingerprint density at radius 3 is 2.48 bits per heavy atom. The van der Waals surface area contributed by atoms with E-state index in [1.165, 1.54) is 0 Å². The molecule has 0 radical (unpaired) electrons. The van der Waals surface area contributed by atoms with Crippen LogP contribution in [0.15, 0.2) is 48.7 Å². The number of nitrogens with zero attached hydrogens (tertiary/aromatic N) is 1. The first kappa shape index (κ1) is 14.8. The fourth-order valence-corrected chi connectivity index (χ4v) is 2.74. The number of pyridine rings is 1. The molecular weight excluding hydrogens is 292 g/mol. The largest absolute Gasteiger partial charge is 0.481 e. The molecular formula is C18H16N2O3. The van der Waals surface area contributed by atoms with Gasteiger partial charge in [0, 0.05) is 17.3 Å². The third-order valence-corrected chi connectivity index (χ3v) is 3.81. The summed E-state index contributed by atoms with van der Waals surface area (Å²) in [6.07, 6.45) is 1.58. The first-order valence-corrected chi connectivity index (χ1v) is 7.19. The van der Waals surface area contributed by atoms with Crippen LogP contribution >= 0.6 is 0 Å². The van der Waals surface area contributed by atoms with Gasteiger partial charge in [-0.1, -0.05) is 36.4 Å². The fraction of sp³-hybridized carbons (Fsp3) is 0.111. The SMILES string of the molecule is Cc1ccc2c(CC(=O)O)c(N)c(C(=O)c3ccccc3)n2c1. The second kappa shape index (κ2) is 5.61. The number of carboxylic acids is 1. The van der Waals surface area contributed by atoms with Crippen LogP contribution in [0.3, 0.4) is 0 Å². The number of nitrogen functional groups attached to an aromatic ring is 1. The zero-order chi connectivity index (χ0) is 16.6. The number of benzene rings is 1. The quantitative estimate of drug-likeness (QED) is 0.726. The summed E-state index contributed by atoms with van der Waals surface area (Å²) in [7, 11) is 0. The van der Waals surface area contributed by atoms with Crippen LogP contribution in [0.4, 0.5) is 5.69 Å². The fourth-order valence-electron chi connectivity index (χ4n) is 2.74. The van der Waals surface area contributed by atoms with E-state index in [-0.39, 0.29) is 17.9 Å². The van der Waals surface area contributed by atoms with Crippen LogP contribution in [0.5, 0.6) is 0 Å². The number of hydrogen-bond acceptors (Lipinski definition) is 3. The van der Waals surface area contributed by atoms with Crippen molar-refractivity contribution in [2.45, 2.75) is 13.3 Å². The predicted octanol–water partition coefficient (Wildman–Crippen LogP) is 2.69. The number of hydrogen-bond donors (Lipinski definition) is 2. The molecule has 5 nitrogen and oxygen atoms in total. The molecule has 0 aliphatic carbocycles. The molecule has 3 aromatic rings. The number of aryl methyl sites for hydroxylation is 1. The maximum Gasteiger partial charge on any atom is 0.307 e. The monoisotopic (exact) mass is 308 g/mol. The Bertz CT molecular complexity index is 911.